The minimum atomic E-state index is -1.73. The van der Waals surface area contributed by atoms with Gasteiger partial charge in [0, 0.05) is 50.7 Å². The van der Waals surface area contributed by atoms with Crippen LogP contribution in [0, 0.1) is 6.92 Å². The van der Waals surface area contributed by atoms with Crippen LogP contribution in [0.2, 0.25) is 0 Å². The molecule has 1 aromatic rings. The van der Waals surface area contributed by atoms with E-state index in [1.807, 2.05) is 0 Å². The second kappa shape index (κ2) is 6.31. The van der Waals surface area contributed by atoms with Crippen molar-refractivity contribution in [2.45, 2.75) is 38.3 Å². The van der Waals surface area contributed by atoms with Gasteiger partial charge in [-0.2, -0.15) is 0 Å². The van der Waals surface area contributed by atoms with Crippen LogP contribution < -0.4 is 5.56 Å². The highest BCUT2D eigenvalue weighted by Crippen LogP contribution is 2.22. The number of hydrogen-bond donors (Lipinski definition) is 2. The molecule has 0 bridgehead atoms. The number of carboxylic acid groups (broad SMARTS) is 1. The number of rotatable bonds is 4. The van der Waals surface area contributed by atoms with Crippen molar-refractivity contribution in [2.75, 3.05) is 13.1 Å². The lowest BCUT2D eigenvalue weighted by molar-refractivity contribution is -0.165. The lowest BCUT2D eigenvalue weighted by Gasteiger charge is -2.35. The topological polar surface area (TPSA) is 99.8 Å². The third-order valence-corrected chi connectivity index (χ3v) is 4.16. The Morgan fingerprint density at radius 1 is 1.27 bits per heavy atom. The highest BCUT2D eigenvalue weighted by molar-refractivity contribution is 5.79. The Hall–Kier alpha value is -2.15. The number of aliphatic carboxylic acids is 1. The predicted octanol–water partition coefficient (Wildman–Crippen LogP) is -0.0151. The van der Waals surface area contributed by atoms with E-state index in [2.05, 4.69) is 0 Å². The molecule has 0 aromatic carbocycles. The van der Waals surface area contributed by atoms with Crippen LogP contribution >= 0.6 is 0 Å². The zero-order valence-corrected chi connectivity index (χ0v) is 12.5. The van der Waals surface area contributed by atoms with Gasteiger partial charge in [-0.05, 0) is 13.0 Å². The zero-order valence-electron chi connectivity index (χ0n) is 12.5. The van der Waals surface area contributed by atoms with Gasteiger partial charge in [0.1, 0.15) is 0 Å². The number of carbonyl (C=O) groups is 2. The summed E-state index contributed by atoms with van der Waals surface area (Å²) in [5.41, 5.74) is -1.09. The molecule has 1 saturated heterocycles. The first kappa shape index (κ1) is 16.2. The summed E-state index contributed by atoms with van der Waals surface area (Å²) in [5, 5.41) is 18.8. The average molecular weight is 308 g/mol. The number of nitrogens with zero attached hydrogens (tertiary/aromatic N) is 2. The van der Waals surface area contributed by atoms with E-state index in [0.29, 0.717) is 6.54 Å². The van der Waals surface area contributed by atoms with Crippen molar-refractivity contribution in [2.24, 2.45) is 0 Å². The summed E-state index contributed by atoms with van der Waals surface area (Å²) in [6, 6.07) is 4.93. The normalized spacial score (nSPS) is 17.3. The Bertz CT molecular complexity index is 629. The molecule has 1 aromatic heterocycles. The van der Waals surface area contributed by atoms with Crippen LogP contribution in [-0.4, -0.2) is 50.2 Å². The highest BCUT2D eigenvalue weighted by Gasteiger charge is 2.40. The first-order valence-corrected chi connectivity index (χ1v) is 7.23. The van der Waals surface area contributed by atoms with Crippen molar-refractivity contribution in [3.05, 3.63) is 34.2 Å². The highest BCUT2D eigenvalue weighted by atomic mass is 16.4. The molecule has 1 aliphatic rings. The number of carbonyl (C=O) groups excluding carboxylic acids is 1. The summed E-state index contributed by atoms with van der Waals surface area (Å²) in [6.07, 6.45) is 0.229. The largest absolute Gasteiger partial charge is 0.479 e. The summed E-state index contributed by atoms with van der Waals surface area (Å²) < 4.78 is 1.54. The van der Waals surface area contributed by atoms with Crippen LogP contribution in [0.25, 0.3) is 0 Å². The lowest BCUT2D eigenvalue weighted by Crippen LogP contribution is -2.51. The van der Waals surface area contributed by atoms with Crippen LogP contribution in [0.5, 0.6) is 0 Å². The standard InChI is InChI=1S/C15H20N2O5/c1-11-3-2-4-13(19)17(11)8-5-12(18)16-9-6-15(22,7-10-16)14(20)21/h2-4,22H,5-10H2,1H3,(H,20,21). The van der Waals surface area contributed by atoms with Crippen LogP contribution in [0.1, 0.15) is 25.0 Å². The molecule has 2 rings (SSSR count). The number of amides is 1. The van der Waals surface area contributed by atoms with Gasteiger partial charge in [-0.15, -0.1) is 0 Å². The van der Waals surface area contributed by atoms with Crippen molar-refractivity contribution in [1.29, 1.82) is 0 Å². The fraction of sp³-hybridized carbons (Fsp3) is 0.533. The molecule has 0 saturated carbocycles. The Morgan fingerprint density at radius 2 is 1.91 bits per heavy atom. The molecule has 1 aliphatic heterocycles. The van der Waals surface area contributed by atoms with Gasteiger partial charge in [-0.1, -0.05) is 6.07 Å². The maximum atomic E-state index is 12.2. The van der Waals surface area contributed by atoms with Crippen LogP contribution in [-0.2, 0) is 16.1 Å². The monoisotopic (exact) mass is 308 g/mol. The predicted molar refractivity (Wildman–Crippen MR) is 78.5 cm³/mol. The fourth-order valence-corrected chi connectivity index (χ4v) is 2.62. The summed E-state index contributed by atoms with van der Waals surface area (Å²) >= 11 is 0. The number of aromatic nitrogens is 1. The van der Waals surface area contributed by atoms with Gasteiger partial charge in [0.15, 0.2) is 5.60 Å². The number of hydrogen-bond acceptors (Lipinski definition) is 4. The summed E-state index contributed by atoms with van der Waals surface area (Å²) in [7, 11) is 0. The lowest BCUT2D eigenvalue weighted by atomic mass is 9.91. The first-order valence-electron chi connectivity index (χ1n) is 7.23. The number of carboxylic acids is 1. The van der Waals surface area contributed by atoms with E-state index < -0.39 is 11.6 Å². The molecule has 22 heavy (non-hydrogen) atoms. The Morgan fingerprint density at radius 3 is 2.45 bits per heavy atom. The molecule has 7 nitrogen and oxygen atoms in total. The number of aryl methyl sites for hydroxylation is 1. The van der Waals surface area contributed by atoms with Gasteiger partial charge < -0.3 is 19.7 Å². The molecule has 7 heteroatoms. The molecular formula is C15H20N2O5. The maximum absolute atomic E-state index is 12.2. The average Bonchev–Trinajstić information content (AvgIpc) is 2.47. The summed E-state index contributed by atoms with van der Waals surface area (Å²) in [4.78, 5) is 36.4. The summed E-state index contributed by atoms with van der Waals surface area (Å²) in [6.45, 7) is 2.53. The van der Waals surface area contributed by atoms with Crippen LogP contribution in [0.15, 0.2) is 23.0 Å². The SMILES string of the molecule is Cc1cccc(=O)n1CCC(=O)N1CCC(O)(C(=O)O)CC1. The van der Waals surface area contributed by atoms with E-state index in [9.17, 15) is 19.5 Å². The molecule has 0 unspecified atom stereocenters. The van der Waals surface area contributed by atoms with Crippen molar-refractivity contribution in [3.63, 3.8) is 0 Å². The third kappa shape index (κ3) is 3.36. The molecule has 2 heterocycles. The van der Waals surface area contributed by atoms with Gasteiger partial charge in [0.05, 0.1) is 0 Å². The fourth-order valence-electron chi connectivity index (χ4n) is 2.62. The molecule has 120 valence electrons. The van der Waals surface area contributed by atoms with Gasteiger partial charge >= 0.3 is 5.97 Å². The van der Waals surface area contributed by atoms with Crippen molar-refractivity contribution < 1.29 is 19.8 Å². The molecule has 2 N–H and O–H groups in total. The first-order chi connectivity index (χ1) is 10.3. The maximum Gasteiger partial charge on any atom is 0.335 e. The van der Waals surface area contributed by atoms with Crippen LogP contribution in [0.3, 0.4) is 0 Å². The van der Waals surface area contributed by atoms with Crippen molar-refractivity contribution >= 4 is 11.9 Å². The van der Waals surface area contributed by atoms with Gasteiger partial charge in [0.25, 0.3) is 5.56 Å². The van der Waals surface area contributed by atoms with Gasteiger partial charge in [-0.3, -0.25) is 9.59 Å². The number of pyridine rings is 1. The smallest absolute Gasteiger partial charge is 0.335 e. The molecular weight excluding hydrogens is 288 g/mol. The van der Waals surface area contributed by atoms with E-state index in [-0.39, 0.29) is 43.8 Å². The zero-order chi connectivity index (χ0) is 16.3. The second-order valence-corrected chi connectivity index (χ2v) is 5.62. The molecule has 0 radical (unpaired) electrons. The van der Waals surface area contributed by atoms with E-state index in [1.54, 1.807) is 24.0 Å². The van der Waals surface area contributed by atoms with E-state index in [1.165, 1.54) is 10.6 Å². The van der Waals surface area contributed by atoms with E-state index in [4.69, 9.17) is 5.11 Å². The minimum Gasteiger partial charge on any atom is -0.479 e. The van der Waals surface area contributed by atoms with Crippen molar-refractivity contribution in [3.8, 4) is 0 Å². The third-order valence-electron chi connectivity index (χ3n) is 4.16. The number of likely N-dealkylation sites (tertiary alicyclic amines) is 1. The van der Waals surface area contributed by atoms with Crippen LogP contribution in [0.4, 0.5) is 0 Å². The molecule has 1 fully saturated rings. The number of aliphatic hydroxyl groups is 1. The Balaban J connectivity index is 1.92. The molecule has 0 aliphatic carbocycles. The minimum absolute atomic E-state index is 0.0262. The van der Waals surface area contributed by atoms with Gasteiger partial charge in [0.2, 0.25) is 5.91 Å². The molecule has 1 amide bonds. The van der Waals surface area contributed by atoms with E-state index in [0.717, 1.165) is 5.69 Å². The second-order valence-electron chi connectivity index (χ2n) is 5.62. The van der Waals surface area contributed by atoms with Gasteiger partial charge in [-0.25, -0.2) is 4.79 Å². The van der Waals surface area contributed by atoms with Crippen molar-refractivity contribution in [1.82, 2.24) is 9.47 Å². The van der Waals surface area contributed by atoms with E-state index >= 15 is 0 Å². The Kier molecular flexibility index (Phi) is 4.65. The number of piperidine rings is 1. The quantitative estimate of drug-likeness (QED) is 0.814. The molecule has 0 spiro atoms. The Labute approximate surface area is 127 Å². The summed E-state index contributed by atoms with van der Waals surface area (Å²) in [5.74, 6) is -1.38. The molecule has 0 atom stereocenters.